The zero-order chi connectivity index (χ0) is 20.4. The van der Waals surface area contributed by atoms with Gasteiger partial charge in [0.1, 0.15) is 10.3 Å². The number of nitrogens with zero attached hydrogens (tertiary/aromatic N) is 1. The highest BCUT2D eigenvalue weighted by Gasteiger charge is 2.40. The van der Waals surface area contributed by atoms with Gasteiger partial charge in [-0.3, -0.25) is 4.79 Å². The van der Waals surface area contributed by atoms with E-state index in [1.807, 2.05) is 55.5 Å². The minimum absolute atomic E-state index is 0.184. The van der Waals surface area contributed by atoms with Crippen LogP contribution in [0.25, 0.3) is 0 Å². The van der Waals surface area contributed by atoms with E-state index in [4.69, 9.17) is 0 Å². The Morgan fingerprint density at radius 1 is 1.10 bits per heavy atom. The molecule has 0 saturated carbocycles. The monoisotopic (exact) mass is 426 g/mol. The summed E-state index contributed by atoms with van der Waals surface area (Å²) >= 11 is 1.17. The molecule has 1 aromatic heterocycles. The van der Waals surface area contributed by atoms with Gasteiger partial charge in [-0.2, -0.15) is 4.31 Å². The number of anilines is 1. The fourth-order valence-electron chi connectivity index (χ4n) is 3.60. The van der Waals surface area contributed by atoms with Crippen LogP contribution in [-0.4, -0.2) is 24.7 Å². The Balaban J connectivity index is 1.69. The third-order valence-electron chi connectivity index (χ3n) is 5.17. The van der Waals surface area contributed by atoms with Crippen molar-refractivity contribution in [1.82, 2.24) is 4.31 Å². The van der Waals surface area contributed by atoms with Crippen LogP contribution in [-0.2, 0) is 34.2 Å². The lowest BCUT2D eigenvalue weighted by Gasteiger charge is -2.34. The fourth-order valence-corrected chi connectivity index (χ4v) is 6.28. The highest BCUT2D eigenvalue weighted by Crippen LogP contribution is 2.31. The zero-order valence-electron chi connectivity index (χ0n) is 16.0. The number of fused-ring (bicyclic) bond motifs is 1. The lowest BCUT2D eigenvalue weighted by molar-refractivity contribution is -0.120. The van der Waals surface area contributed by atoms with Gasteiger partial charge in [0.2, 0.25) is 5.91 Å². The maximum absolute atomic E-state index is 13.3. The van der Waals surface area contributed by atoms with E-state index < -0.39 is 16.1 Å². The quantitative estimate of drug-likeness (QED) is 0.669. The SMILES string of the molecule is CCc1cccc(NC(=O)[C@@H]2Cc3ccccc3CN2S(=O)(=O)c2cccs2)c1. The Morgan fingerprint density at radius 3 is 2.62 bits per heavy atom. The minimum Gasteiger partial charge on any atom is -0.325 e. The predicted octanol–water partition coefficient (Wildman–Crippen LogP) is 4.06. The first-order valence-electron chi connectivity index (χ1n) is 9.51. The van der Waals surface area contributed by atoms with E-state index in [-0.39, 0.29) is 16.7 Å². The summed E-state index contributed by atoms with van der Waals surface area (Å²) in [6, 6.07) is 17.8. The first kappa shape index (κ1) is 19.8. The van der Waals surface area contributed by atoms with Crippen LogP contribution in [0.5, 0.6) is 0 Å². The smallest absolute Gasteiger partial charge is 0.253 e. The van der Waals surface area contributed by atoms with Gasteiger partial charge in [0, 0.05) is 12.2 Å². The van der Waals surface area contributed by atoms with Gasteiger partial charge >= 0.3 is 0 Å². The van der Waals surface area contributed by atoms with Crippen LogP contribution < -0.4 is 5.32 Å². The lowest BCUT2D eigenvalue weighted by Crippen LogP contribution is -2.50. The second-order valence-corrected chi connectivity index (χ2v) is 10.1. The topological polar surface area (TPSA) is 66.5 Å². The van der Waals surface area contributed by atoms with Gasteiger partial charge in [0.25, 0.3) is 10.0 Å². The van der Waals surface area contributed by atoms with Crippen molar-refractivity contribution in [3.8, 4) is 0 Å². The highest BCUT2D eigenvalue weighted by atomic mass is 32.2. The summed E-state index contributed by atoms with van der Waals surface area (Å²) in [4.78, 5) is 13.2. The molecule has 0 spiro atoms. The number of aryl methyl sites for hydroxylation is 1. The second kappa shape index (κ2) is 8.10. The van der Waals surface area contributed by atoms with Crippen molar-refractivity contribution in [3.05, 3.63) is 82.7 Å². The molecule has 1 N–H and O–H groups in total. The van der Waals surface area contributed by atoms with E-state index in [1.165, 1.54) is 15.6 Å². The van der Waals surface area contributed by atoms with Crippen LogP contribution in [0.15, 0.2) is 70.3 Å². The van der Waals surface area contributed by atoms with Crippen LogP contribution in [0, 0.1) is 0 Å². The standard InChI is InChI=1S/C22H22N2O3S2/c1-2-16-7-5-10-19(13-16)23-22(25)20-14-17-8-3-4-9-18(17)15-24(20)29(26,27)21-11-6-12-28-21/h3-13,20H,2,14-15H2,1H3,(H,23,25)/t20-/m0/s1. The summed E-state index contributed by atoms with van der Waals surface area (Å²) in [7, 11) is -3.77. The number of hydrogen-bond acceptors (Lipinski definition) is 4. The Morgan fingerprint density at radius 2 is 1.90 bits per heavy atom. The molecule has 1 amide bonds. The van der Waals surface area contributed by atoms with Crippen LogP contribution in [0.1, 0.15) is 23.6 Å². The van der Waals surface area contributed by atoms with Gasteiger partial charge in [-0.05, 0) is 53.1 Å². The van der Waals surface area contributed by atoms with E-state index in [2.05, 4.69) is 5.32 Å². The Bertz CT molecular complexity index is 1120. The molecule has 4 rings (SSSR count). The third-order valence-corrected chi connectivity index (χ3v) is 8.40. The van der Waals surface area contributed by atoms with Gasteiger partial charge in [-0.15, -0.1) is 11.3 Å². The number of benzene rings is 2. The molecular formula is C22H22N2O3S2. The Labute approximate surface area is 175 Å². The number of sulfonamides is 1. The Hall–Kier alpha value is -2.48. The zero-order valence-corrected chi connectivity index (χ0v) is 17.7. The third kappa shape index (κ3) is 3.99. The van der Waals surface area contributed by atoms with Gasteiger partial charge < -0.3 is 5.32 Å². The van der Waals surface area contributed by atoms with Crippen molar-refractivity contribution in [2.75, 3.05) is 5.32 Å². The van der Waals surface area contributed by atoms with Crippen molar-refractivity contribution >= 4 is 33.0 Å². The molecule has 3 aromatic rings. The van der Waals surface area contributed by atoms with Gasteiger partial charge in [0.05, 0.1) is 0 Å². The number of hydrogen-bond donors (Lipinski definition) is 1. The average molecular weight is 427 g/mol. The van der Waals surface area contributed by atoms with Crippen LogP contribution in [0.2, 0.25) is 0 Å². The summed E-state index contributed by atoms with van der Waals surface area (Å²) < 4.78 is 28.2. The number of amides is 1. The van der Waals surface area contributed by atoms with Crippen LogP contribution in [0.4, 0.5) is 5.69 Å². The number of rotatable bonds is 5. The molecule has 0 aliphatic carbocycles. The van der Waals surface area contributed by atoms with Crippen molar-refractivity contribution in [2.24, 2.45) is 0 Å². The van der Waals surface area contributed by atoms with E-state index >= 15 is 0 Å². The maximum Gasteiger partial charge on any atom is 0.253 e. The second-order valence-electron chi connectivity index (χ2n) is 7.01. The van der Waals surface area contributed by atoms with E-state index in [9.17, 15) is 13.2 Å². The molecule has 0 saturated heterocycles. The van der Waals surface area contributed by atoms with Crippen molar-refractivity contribution in [2.45, 2.75) is 36.6 Å². The fraction of sp³-hybridized carbons (Fsp3) is 0.227. The van der Waals surface area contributed by atoms with Gasteiger partial charge in [-0.1, -0.05) is 49.4 Å². The predicted molar refractivity (Wildman–Crippen MR) is 115 cm³/mol. The molecule has 0 unspecified atom stereocenters. The van der Waals surface area contributed by atoms with Crippen molar-refractivity contribution in [3.63, 3.8) is 0 Å². The molecule has 0 bridgehead atoms. The summed E-state index contributed by atoms with van der Waals surface area (Å²) in [5, 5.41) is 4.66. The number of carbonyl (C=O) groups excluding carboxylic acids is 1. The van der Waals surface area contributed by atoms with Crippen LogP contribution >= 0.6 is 11.3 Å². The average Bonchev–Trinajstić information content (AvgIpc) is 3.29. The van der Waals surface area contributed by atoms with E-state index in [1.54, 1.807) is 17.5 Å². The number of thiophene rings is 1. The number of carbonyl (C=O) groups is 1. The molecule has 1 aliphatic heterocycles. The molecule has 5 nitrogen and oxygen atoms in total. The Kier molecular flexibility index (Phi) is 5.54. The summed E-state index contributed by atoms with van der Waals surface area (Å²) in [5.41, 5.74) is 3.73. The molecule has 150 valence electrons. The summed E-state index contributed by atoms with van der Waals surface area (Å²) in [5.74, 6) is -0.312. The number of nitrogens with one attached hydrogen (secondary N) is 1. The highest BCUT2D eigenvalue weighted by molar-refractivity contribution is 7.91. The summed E-state index contributed by atoms with van der Waals surface area (Å²) in [6.45, 7) is 2.23. The maximum atomic E-state index is 13.3. The lowest BCUT2D eigenvalue weighted by atomic mass is 9.95. The van der Waals surface area contributed by atoms with Crippen LogP contribution in [0.3, 0.4) is 0 Å². The molecule has 1 atom stereocenters. The molecule has 2 aromatic carbocycles. The molecule has 0 radical (unpaired) electrons. The van der Waals surface area contributed by atoms with E-state index in [0.29, 0.717) is 12.1 Å². The van der Waals surface area contributed by atoms with Crippen molar-refractivity contribution in [1.29, 1.82) is 0 Å². The van der Waals surface area contributed by atoms with Crippen molar-refractivity contribution < 1.29 is 13.2 Å². The van der Waals surface area contributed by atoms with Gasteiger partial charge in [0.15, 0.2) is 0 Å². The largest absolute Gasteiger partial charge is 0.325 e. The molecule has 0 fully saturated rings. The van der Waals surface area contributed by atoms with E-state index in [0.717, 1.165) is 23.1 Å². The first-order valence-corrected chi connectivity index (χ1v) is 11.8. The molecule has 7 heteroatoms. The molecular weight excluding hydrogens is 404 g/mol. The molecule has 29 heavy (non-hydrogen) atoms. The minimum atomic E-state index is -3.77. The summed E-state index contributed by atoms with van der Waals surface area (Å²) in [6.07, 6.45) is 1.21. The van der Waals surface area contributed by atoms with Gasteiger partial charge in [-0.25, -0.2) is 8.42 Å². The normalized spacial score (nSPS) is 16.9. The molecule has 1 aliphatic rings. The molecule has 2 heterocycles. The first-order chi connectivity index (χ1) is 14.0.